The van der Waals surface area contributed by atoms with Gasteiger partial charge in [-0.05, 0) is 43.3 Å². The van der Waals surface area contributed by atoms with Crippen LogP contribution in [0.15, 0.2) is 41.6 Å². The van der Waals surface area contributed by atoms with E-state index in [0.717, 1.165) is 5.56 Å². The summed E-state index contributed by atoms with van der Waals surface area (Å²) >= 11 is 0. The first-order chi connectivity index (χ1) is 14.1. The number of carbonyl (C=O) groups excluding carboxylic acids is 2. The van der Waals surface area contributed by atoms with Crippen molar-refractivity contribution in [1.29, 1.82) is 0 Å². The van der Waals surface area contributed by atoms with Gasteiger partial charge in [-0.2, -0.15) is 0 Å². The third kappa shape index (κ3) is 4.15. The van der Waals surface area contributed by atoms with Gasteiger partial charge in [0.1, 0.15) is 0 Å². The largest absolute Gasteiger partial charge is 0.454 e. The number of nitrogens with one attached hydrogen (secondary N) is 2. The van der Waals surface area contributed by atoms with E-state index in [9.17, 15) is 9.59 Å². The summed E-state index contributed by atoms with van der Waals surface area (Å²) < 4.78 is 21.0. The molecule has 2 N–H and O–H groups in total. The smallest absolute Gasteiger partial charge is 0.279 e. The van der Waals surface area contributed by atoms with Gasteiger partial charge in [-0.1, -0.05) is 5.16 Å². The summed E-state index contributed by atoms with van der Waals surface area (Å²) in [4.78, 5) is 29.0. The maximum atomic E-state index is 12.1. The van der Waals surface area contributed by atoms with Crippen molar-refractivity contribution >= 4 is 17.5 Å². The van der Waals surface area contributed by atoms with Crippen LogP contribution in [0.2, 0.25) is 0 Å². The zero-order valence-electron chi connectivity index (χ0n) is 15.4. The van der Waals surface area contributed by atoms with Gasteiger partial charge in [-0.3, -0.25) is 20.4 Å². The third-order valence-corrected chi connectivity index (χ3v) is 4.14. The van der Waals surface area contributed by atoms with Gasteiger partial charge in [0.25, 0.3) is 11.8 Å². The summed E-state index contributed by atoms with van der Waals surface area (Å²) in [6, 6.07) is 10.1. The normalized spacial score (nSPS) is 13.8. The van der Waals surface area contributed by atoms with Crippen LogP contribution in [0.3, 0.4) is 0 Å². The molecule has 10 heteroatoms. The number of hydrogen-bond donors (Lipinski definition) is 2. The number of carbonyl (C=O) groups is 2. The van der Waals surface area contributed by atoms with Crippen molar-refractivity contribution in [3.05, 3.63) is 47.5 Å². The molecule has 0 spiro atoms. The molecule has 0 saturated heterocycles. The van der Waals surface area contributed by atoms with E-state index in [4.69, 9.17) is 23.8 Å². The molecule has 10 nitrogen and oxygen atoms in total. The molecule has 2 aromatic rings. The van der Waals surface area contributed by atoms with E-state index < -0.39 is 11.8 Å². The Morgan fingerprint density at radius 3 is 2.17 bits per heavy atom. The number of oxime groups is 1. The molecule has 0 saturated carbocycles. The first kappa shape index (κ1) is 18.4. The van der Waals surface area contributed by atoms with E-state index in [1.165, 1.54) is 6.07 Å². The van der Waals surface area contributed by atoms with Crippen molar-refractivity contribution in [1.82, 2.24) is 10.9 Å². The van der Waals surface area contributed by atoms with E-state index in [1.807, 2.05) is 0 Å². The lowest BCUT2D eigenvalue weighted by atomic mass is 10.1. The summed E-state index contributed by atoms with van der Waals surface area (Å²) in [5.74, 6) is 1.26. The molecule has 0 radical (unpaired) electrons. The van der Waals surface area contributed by atoms with Crippen LogP contribution in [0.5, 0.6) is 23.0 Å². The Hall–Kier alpha value is -3.95. The molecule has 0 aromatic heterocycles. The Morgan fingerprint density at radius 2 is 1.48 bits per heavy atom. The van der Waals surface area contributed by atoms with Gasteiger partial charge in [-0.15, -0.1) is 0 Å². The molecule has 0 aliphatic carbocycles. The Kier molecular flexibility index (Phi) is 5.06. The van der Waals surface area contributed by atoms with Crippen molar-refractivity contribution in [2.45, 2.75) is 6.92 Å². The van der Waals surface area contributed by atoms with Crippen molar-refractivity contribution in [2.75, 3.05) is 20.2 Å². The molecule has 2 aromatic carbocycles. The van der Waals surface area contributed by atoms with Crippen LogP contribution in [0.25, 0.3) is 0 Å². The molecule has 0 unspecified atom stereocenters. The van der Waals surface area contributed by atoms with Crippen LogP contribution in [0, 0.1) is 0 Å². The highest BCUT2D eigenvalue weighted by atomic mass is 16.7. The molecule has 2 aliphatic heterocycles. The first-order valence-corrected chi connectivity index (χ1v) is 8.65. The van der Waals surface area contributed by atoms with Crippen LogP contribution < -0.4 is 29.8 Å². The monoisotopic (exact) mass is 399 g/mol. The number of nitrogens with zero attached hydrogens (tertiary/aromatic N) is 1. The van der Waals surface area contributed by atoms with E-state index >= 15 is 0 Å². The summed E-state index contributed by atoms with van der Waals surface area (Å²) in [5.41, 5.74) is 6.19. The number of fused-ring (bicyclic) bond motifs is 2. The molecular weight excluding hydrogens is 382 g/mol. The lowest BCUT2D eigenvalue weighted by Crippen LogP contribution is -2.43. The highest BCUT2D eigenvalue weighted by molar-refractivity contribution is 5.99. The Bertz CT molecular complexity index is 990. The van der Waals surface area contributed by atoms with Gasteiger partial charge >= 0.3 is 0 Å². The fourth-order valence-corrected chi connectivity index (χ4v) is 2.63. The Labute approximate surface area is 165 Å². The van der Waals surface area contributed by atoms with Gasteiger partial charge < -0.3 is 23.8 Å². The Morgan fingerprint density at radius 1 is 0.897 bits per heavy atom. The molecule has 150 valence electrons. The molecule has 0 fully saturated rings. The lowest BCUT2D eigenvalue weighted by molar-refractivity contribution is -0.126. The second-order valence-corrected chi connectivity index (χ2v) is 6.09. The SMILES string of the molecule is C/C(=N/OCC(=O)NNC(=O)c1ccc2c(c1)OCO2)c1ccc2c(c1)OCO2. The zero-order valence-corrected chi connectivity index (χ0v) is 15.4. The van der Waals surface area contributed by atoms with Crippen LogP contribution in [-0.2, 0) is 9.63 Å². The van der Waals surface area contributed by atoms with Crippen LogP contribution in [-0.4, -0.2) is 37.7 Å². The van der Waals surface area contributed by atoms with Crippen molar-refractivity contribution in [3.8, 4) is 23.0 Å². The number of benzene rings is 2. The van der Waals surface area contributed by atoms with Gasteiger partial charge in [0.2, 0.25) is 13.6 Å². The first-order valence-electron chi connectivity index (χ1n) is 8.65. The Balaban J connectivity index is 1.24. The number of hydrogen-bond acceptors (Lipinski definition) is 8. The molecule has 29 heavy (non-hydrogen) atoms. The van der Waals surface area contributed by atoms with Gasteiger partial charge in [0.05, 0.1) is 5.71 Å². The zero-order chi connectivity index (χ0) is 20.2. The van der Waals surface area contributed by atoms with E-state index in [0.29, 0.717) is 34.3 Å². The summed E-state index contributed by atoms with van der Waals surface area (Å²) in [7, 11) is 0. The average Bonchev–Trinajstić information content (AvgIpc) is 3.39. The maximum Gasteiger partial charge on any atom is 0.279 e. The highest BCUT2D eigenvalue weighted by Crippen LogP contribution is 2.33. The topological polar surface area (TPSA) is 117 Å². The fourth-order valence-electron chi connectivity index (χ4n) is 2.63. The van der Waals surface area contributed by atoms with Crippen molar-refractivity contribution in [2.24, 2.45) is 5.16 Å². The average molecular weight is 399 g/mol. The quantitative estimate of drug-likeness (QED) is 0.576. The van der Waals surface area contributed by atoms with Crippen LogP contribution in [0.4, 0.5) is 0 Å². The van der Waals surface area contributed by atoms with Crippen LogP contribution >= 0.6 is 0 Å². The van der Waals surface area contributed by atoms with E-state index in [2.05, 4.69) is 16.0 Å². The highest BCUT2D eigenvalue weighted by Gasteiger charge is 2.17. The molecule has 4 rings (SSSR count). The number of rotatable bonds is 5. The molecule has 0 bridgehead atoms. The third-order valence-electron chi connectivity index (χ3n) is 4.14. The summed E-state index contributed by atoms with van der Waals surface area (Å²) in [6.07, 6.45) is 0. The summed E-state index contributed by atoms with van der Waals surface area (Å²) in [6.45, 7) is 1.66. The minimum absolute atomic E-state index is 0.112. The number of ether oxygens (including phenoxy) is 4. The standard InChI is InChI=1S/C19H17N3O7/c1-11(12-2-4-14-16(6-12)27-9-25-14)22-29-8-18(23)20-21-19(24)13-3-5-15-17(7-13)28-10-26-15/h2-7H,8-10H2,1H3,(H,20,23)(H,21,24)/b22-11-. The predicted octanol–water partition coefficient (Wildman–Crippen LogP) is 1.35. The second-order valence-electron chi connectivity index (χ2n) is 6.09. The minimum Gasteiger partial charge on any atom is -0.454 e. The van der Waals surface area contributed by atoms with E-state index in [1.54, 1.807) is 37.3 Å². The minimum atomic E-state index is -0.568. The van der Waals surface area contributed by atoms with Crippen molar-refractivity contribution < 1.29 is 33.4 Å². The van der Waals surface area contributed by atoms with Gasteiger partial charge in [-0.25, -0.2) is 0 Å². The lowest BCUT2D eigenvalue weighted by Gasteiger charge is -2.08. The molecule has 2 aliphatic rings. The molecule has 2 heterocycles. The maximum absolute atomic E-state index is 12.1. The van der Waals surface area contributed by atoms with E-state index in [-0.39, 0.29) is 20.2 Å². The molecule has 0 atom stereocenters. The second kappa shape index (κ2) is 7.97. The molecule has 2 amide bonds. The van der Waals surface area contributed by atoms with Gasteiger partial charge in [0.15, 0.2) is 29.6 Å². The van der Waals surface area contributed by atoms with Crippen LogP contribution in [0.1, 0.15) is 22.8 Å². The summed E-state index contributed by atoms with van der Waals surface area (Å²) in [5, 5.41) is 3.90. The van der Waals surface area contributed by atoms with Gasteiger partial charge in [0, 0.05) is 11.1 Å². The number of amides is 2. The number of hydrazine groups is 1. The van der Waals surface area contributed by atoms with Crippen molar-refractivity contribution in [3.63, 3.8) is 0 Å². The predicted molar refractivity (Wildman–Crippen MR) is 98.9 cm³/mol. The fraction of sp³-hybridized carbons (Fsp3) is 0.211. The molecular formula is C19H17N3O7.